The predicted octanol–water partition coefficient (Wildman–Crippen LogP) is 2.71. The molecular formula is C16H18FNO4S. The maximum absolute atomic E-state index is 12.9. The van der Waals surface area contributed by atoms with Crippen LogP contribution in [0.2, 0.25) is 0 Å². The van der Waals surface area contributed by atoms with Crippen LogP contribution in [-0.2, 0) is 16.6 Å². The summed E-state index contributed by atoms with van der Waals surface area (Å²) >= 11 is 0. The molecular weight excluding hydrogens is 321 g/mol. The summed E-state index contributed by atoms with van der Waals surface area (Å²) in [7, 11) is -2.17. The number of hydrogen-bond acceptors (Lipinski definition) is 4. The standard InChI is InChI=1S/C16H18FNO4S/c1-3-22-16-10-12(4-9-15(16)21-2)11-18-23(19,20)14-7-5-13(17)6-8-14/h4-10,18H,3,11H2,1-2H3. The van der Waals surface area contributed by atoms with Crippen LogP contribution in [0.4, 0.5) is 4.39 Å². The molecule has 0 unspecified atom stereocenters. The van der Waals surface area contributed by atoms with E-state index in [9.17, 15) is 12.8 Å². The second-order valence-electron chi connectivity index (χ2n) is 4.70. The highest BCUT2D eigenvalue weighted by Gasteiger charge is 2.14. The molecule has 124 valence electrons. The van der Waals surface area contributed by atoms with Crippen molar-refractivity contribution in [3.05, 3.63) is 53.8 Å². The average molecular weight is 339 g/mol. The second kappa shape index (κ2) is 7.43. The SMILES string of the molecule is CCOc1cc(CNS(=O)(=O)c2ccc(F)cc2)ccc1OC. The fourth-order valence-corrected chi connectivity index (χ4v) is 2.99. The smallest absolute Gasteiger partial charge is 0.240 e. The van der Waals surface area contributed by atoms with Gasteiger partial charge in [0.25, 0.3) is 0 Å². The molecule has 0 aliphatic heterocycles. The predicted molar refractivity (Wildman–Crippen MR) is 84.6 cm³/mol. The van der Waals surface area contributed by atoms with Crippen molar-refractivity contribution in [3.63, 3.8) is 0 Å². The van der Waals surface area contributed by atoms with Crippen molar-refractivity contribution in [2.75, 3.05) is 13.7 Å². The molecule has 0 amide bonds. The van der Waals surface area contributed by atoms with E-state index >= 15 is 0 Å². The number of sulfonamides is 1. The number of hydrogen-bond donors (Lipinski definition) is 1. The molecule has 0 aliphatic rings. The topological polar surface area (TPSA) is 64.6 Å². The Bertz CT molecular complexity index is 760. The maximum atomic E-state index is 12.9. The molecule has 0 fully saturated rings. The van der Waals surface area contributed by atoms with Crippen molar-refractivity contribution < 1.29 is 22.3 Å². The first kappa shape index (κ1) is 17.2. The first-order valence-electron chi connectivity index (χ1n) is 7.01. The van der Waals surface area contributed by atoms with Crippen LogP contribution >= 0.6 is 0 Å². The Labute approximate surface area is 135 Å². The number of halogens is 1. The summed E-state index contributed by atoms with van der Waals surface area (Å²) in [5.41, 5.74) is 0.722. The Kier molecular flexibility index (Phi) is 5.57. The summed E-state index contributed by atoms with van der Waals surface area (Å²) in [6.45, 7) is 2.41. The first-order valence-corrected chi connectivity index (χ1v) is 8.49. The Hall–Kier alpha value is -2.12. The average Bonchev–Trinajstić information content (AvgIpc) is 2.54. The molecule has 23 heavy (non-hydrogen) atoms. The summed E-state index contributed by atoms with van der Waals surface area (Å²) in [5, 5.41) is 0. The lowest BCUT2D eigenvalue weighted by Crippen LogP contribution is -2.23. The van der Waals surface area contributed by atoms with Crippen LogP contribution in [0.25, 0.3) is 0 Å². The highest BCUT2D eigenvalue weighted by Crippen LogP contribution is 2.28. The maximum Gasteiger partial charge on any atom is 0.240 e. The first-order chi connectivity index (χ1) is 11.0. The van der Waals surface area contributed by atoms with Gasteiger partial charge in [0, 0.05) is 6.54 Å². The van der Waals surface area contributed by atoms with Gasteiger partial charge in [-0.3, -0.25) is 0 Å². The van der Waals surface area contributed by atoms with E-state index in [4.69, 9.17) is 9.47 Å². The van der Waals surface area contributed by atoms with Gasteiger partial charge in [0.15, 0.2) is 11.5 Å². The lowest BCUT2D eigenvalue weighted by atomic mass is 10.2. The van der Waals surface area contributed by atoms with E-state index in [1.165, 1.54) is 19.2 Å². The Morgan fingerprint density at radius 2 is 1.78 bits per heavy atom. The molecule has 0 radical (unpaired) electrons. The van der Waals surface area contributed by atoms with Crippen LogP contribution in [0.3, 0.4) is 0 Å². The largest absolute Gasteiger partial charge is 0.493 e. The number of nitrogens with one attached hydrogen (secondary N) is 1. The Morgan fingerprint density at radius 1 is 1.09 bits per heavy atom. The molecule has 0 aliphatic carbocycles. The van der Waals surface area contributed by atoms with E-state index in [2.05, 4.69) is 4.72 Å². The molecule has 0 bridgehead atoms. The summed E-state index contributed by atoms with van der Waals surface area (Å²) < 4.78 is 50.3. The zero-order valence-corrected chi connectivity index (χ0v) is 13.7. The number of methoxy groups -OCH3 is 1. The van der Waals surface area contributed by atoms with E-state index in [1.807, 2.05) is 6.92 Å². The fourth-order valence-electron chi connectivity index (χ4n) is 1.97. The number of benzene rings is 2. The summed E-state index contributed by atoms with van der Waals surface area (Å²) in [5.74, 6) is 0.644. The van der Waals surface area contributed by atoms with Crippen molar-refractivity contribution in [1.29, 1.82) is 0 Å². The van der Waals surface area contributed by atoms with Gasteiger partial charge in [0.2, 0.25) is 10.0 Å². The van der Waals surface area contributed by atoms with Gasteiger partial charge in [-0.2, -0.15) is 0 Å². The normalized spacial score (nSPS) is 11.3. The highest BCUT2D eigenvalue weighted by molar-refractivity contribution is 7.89. The van der Waals surface area contributed by atoms with E-state index < -0.39 is 15.8 Å². The van der Waals surface area contributed by atoms with Gasteiger partial charge in [-0.1, -0.05) is 6.07 Å². The molecule has 0 aromatic heterocycles. The van der Waals surface area contributed by atoms with Gasteiger partial charge in [-0.25, -0.2) is 17.5 Å². The molecule has 0 saturated heterocycles. The van der Waals surface area contributed by atoms with Crippen LogP contribution in [-0.4, -0.2) is 22.1 Å². The minimum atomic E-state index is -3.70. The molecule has 2 aromatic rings. The van der Waals surface area contributed by atoms with Crippen molar-refractivity contribution >= 4 is 10.0 Å². The van der Waals surface area contributed by atoms with Gasteiger partial charge < -0.3 is 9.47 Å². The summed E-state index contributed by atoms with van der Waals surface area (Å²) in [4.78, 5) is 0.0115. The van der Waals surface area contributed by atoms with Crippen molar-refractivity contribution in [2.45, 2.75) is 18.4 Å². The molecule has 7 heteroatoms. The molecule has 0 saturated carbocycles. The quantitative estimate of drug-likeness (QED) is 0.842. The van der Waals surface area contributed by atoms with E-state index in [0.29, 0.717) is 18.1 Å². The van der Waals surface area contributed by atoms with Crippen molar-refractivity contribution in [2.24, 2.45) is 0 Å². The lowest BCUT2D eigenvalue weighted by Gasteiger charge is -2.12. The zero-order valence-electron chi connectivity index (χ0n) is 12.9. The third kappa shape index (κ3) is 4.43. The highest BCUT2D eigenvalue weighted by atomic mass is 32.2. The van der Waals surface area contributed by atoms with Crippen LogP contribution in [0, 0.1) is 5.82 Å². The van der Waals surface area contributed by atoms with Crippen LogP contribution in [0.15, 0.2) is 47.4 Å². The third-order valence-electron chi connectivity index (χ3n) is 3.12. The molecule has 0 atom stereocenters. The van der Waals surface area contributed by atoms with Gasteiger partial charge in [0.1, 0.15) is 5.82 Å². The molecule has 5 nitrogen and oxygen atoms in total. The van der Waals surface area contributed by atoms with E-state index in [1.54, 1.807) is 18.2 Å². The van der Waals surface area contributed by atoms with E-state index in [0.717, 1.165) is 17.7 Å². The van der Waals surface area contributed by atoms with Crippen LogP contribution in [0.1, 0.15) is 12.5 Å². The van der Waals surface area contributed by atoms with E-state index in [-0.39, 0.29) is 11.4 Å². The molecule has 0 heterocycles. The minimum absolute atomic E-state index is 0.0115. The monoisotopic (exact) mass is 339 g/mol. The van der Waals surface area contributed by atoms with Gasteiger partial charge in [-0.05, 0) is 48.9 Å². The second-order valence-corrected chi connectivity index (χ2v) is 6.46. The van der Waals surface area contributed by atoms with Gasteiger partial charge in [-0.15, -0.1) is 0 Å². The minimum Gasteiger partial charge on any atom is -0.493 e. The van der Waals surface area contributed by atoms with Crippen molar-refractivity contribution in [3.8, 4) is 11.5 Å². The van der Waals surface area contributed by atoms with Gasteiger partial charge >= 0.3 is 0 Å². The molecule has 0 spiro atoms. The zero-order chi connectivity index (χ0) is 16.9. The third-order valence-corrected chi connectivity index (χ3v) is 4.54. The Morgan fingerprint density at radius 3 is 2.39 bits per heavy atom. The lowest BCUT2D eigenvalue weighted by molar-refractivity contribution is 0.310. The summed E-state index contributed by atoms with van der Waals surface area (Å²) in [6, 6.07) is 9.83. The van der Waals surface area contributed by atoms with Crippen LogP contribution < -0.4 is 14.2 Å². The molecule has 2 rings (SSSR count). The number of ether oxygens (including phenoxy) is 2. The van der Waals surface area contributed by atoms with Crippen LogP contribution in [0.5, 0.6) is 11.5 Å². The van der Waals surface area contributed by atoms with Crippen molar-refractivity contribution in [1.82, 2.24) is 4.72 Å². The Balaban J connectivity index is 2.13. The summed E-state index contributed by atoms with van der Waals surface area (Å²) in [6.07, 6.45) is 0. The molecule has 2 aromatic carbocycles. The van der Waals surface area contributed by atoms with Gasteiger partial charge in [0.05, 0.1) is 18.6 Å². The fraction of sp³-hybridized carbons (Fsp3) is 0.250. The molecule has 1 N–H and O–H groups in total. The number of rotatable bonds is 7.